The van der Waals surface area contributed by atoms with E-state index in [0.717, 1.165) is 30.4 Å². The number of allylic oxidation sites excluding steroid dienone is 4. The standard InChI is InChI=1S/C45H71NO11/c1-11-14-33-20-26(2)19-27(3)21-38(54-9)41-39(55-10)23-30(6)45(52,57-41)42(49)43(50)46-18-13-12-15-34(46)44(51)56-40(31(7)35(47)25-36(33)48)29(5)22-32-17-16-28(4)37(24-32)53-8/h11,20,22,27-28,30-35,37-41,47,52H,1,12-19,21,23-25H2,2-10H3/b26-20+,29-22+/t27-,28+,30+,31+,32-,33+,34-,35-,37+,38-,39-,40+,41+,45+/m0/s1. The van der Waals surface area contributed by atoms with Crippen LogP contribution >= 0.6 is 0 Å². The van der Waals surface area contributed by atoms with E-state index in [2.05, 4.69) is 26.5 Å². The third-order valence-electron chi connectivity index (χ3n) is 13.2. The highest BCUT2D eigenvalue weighted by Crippen LogP contribution is 2.39. The van der Waals surface area contributed by atoms with Gasteiger partial charge in [0.2, 0.25) is 5.79 Å². The number of rotatable bonds is 7. The fourth-order valence-corrected chi connectivity index (χ4v) is 9.67. The molecule has 0 aromatic carbocycles. The lowest BCUT2D eigenvalue weighted by molar-refractivity contribution is -0.302. The van der Waals surface area contributed by atoms with Crippen LogP contribution in [0.15, 0.2) is 36.0 Å². The molecule has 1 saturated carbocycles. The number of methoxy groups -OCH3 is 3. The Kier molecular flexibility index (Phi) is 17.3. The number of nitrogens with zero attached hydrogens (tertiary/aromatic N) is 1. The zero-order valence-electron chi connectivity index (χ0n) is 35.9. The largest absolute Gasteiger partial charge is 0.456 e. The van der Waals surface area contributed by atoms with Crippen molar-refractivity contribution in [2.75, 3.05) is 27.9 Å². The number of ketones is 2. The summed E-state index contributed by atoms with van der Waals surface area (Å²) in [5.74, 6) is -6.96. The number of piperidine rings is 1. The summed E-state index contributed by atoms with van der Waals surface area (Å²) in [4.78, 5) is 57.9. The molecule has 3 heterocycles. The molecule has 4 rings (SSSR count). The molecule has 0 unspecified atom stereocenters. The molecule has 12 nitrogen and oxygen atoms in total. The second-order valence-corrected chi connectivity index (χ2v) is 17.7. The Balaban J connectivity index is 1.78. The van der Waals surface area contributed by atoms with Gasteiger partial charge in [-0.1, -0.05) is 51.5 Å². The summed E-state index contributed by atoms with van der Waals surface area (Å²) in [6, 6.07) is -1.11. The Bertz CT molecular complexity index is 1480. The van der Waals surface area contributed by atoms with Crippen molar-refractivity contribution in [3.05, 3.63) is 36.0 Å². The average Bonchev–Trinajstić information content (AvgIpc) is 3.18. The molecule has 2 N–H and O–H groups in total. The molecule has 2 bridgehead atoms. The van der Waals surface area contributed by atoms with Crippen LogP contribution in [0.5, 0.6) is 0 Å². The smallest absolute Gasteiger partial charge is 0.329 e. The third kappa shape index (κ3) is 11.3. The Morgan fingerprint density at radius 2 is 1.61 bits per heavy atom. The molecule has 3 aliphatic heterocycles. The van der Waals surface area contributed by atoms with Gasteiger partial charge in [0.05, 0.1) is 24.4 Å². The predicted octanol–water partition coefficient (Wildman–Crippen LogP) is 5.91. The SMILES string of the molecule is C=CC[C@@H]1/C=C(\C)C[C@H](C)C[C@H](OC)[C@H]2O[C@@](O)(C(=O)C(=O)N3CCCC[C@H]3C(=O)O[C@H](/C(C)=C/[C@@H]3CC[C@@H](C)[C@H](OC)C3)[C@H](C)[C@@H](O)CC1=O)[C@H](C)C[C@@H]2OC. The lowest BCUT2D eigenvalue weighted by Crippen LogP contribution is -2.64. The second kappa shape index (κ2) is 21.0. The molecule has 0 aromatic heterocycles. The molecule has 3 fully saturated rings. The van der Waals surface area contributed by atoms with Crippen molar-refractivity contribution in [3.63, 3.8) is 0 Å². The van der Waals surface area contributed by atoms with E-state index < -0.39 is 77.8 Å². The second-order valence-electron chi connectivity index (χ2n) is 17.7. The van der Waals surface area contributed by atoms with Crippen LogP contribution in [0.1, 0.15) is 112 Å². The number of aliphatic hydroxyl groups excluding tert-OH is 1. The lowest BCUT2D eigenvalue weighted by Gasteiger charge is -2.47. The topological polar surface area (TPSA) is 158 Å². The fraction of sp³-hybridized carbons (Fsp3) is 0.778. The van der Waals surface area contributed by atoms with Crippen LogP contribution in [-0.2, 0) is 42.9 Å². The number of carbonyl (C=O) groups is 4. The minimum absolute atomic E-state index is 0.0237. The molecular weight excluding hydrogens is 730 g/mol. The maximum atomic E-state index is 14.3. The summed E-state index contributed by atoms with van der Waals surface area (Å²) in [7, 11) is 4.79. The molecule has 14 atom stereocenters. The summed E-state index contributed by atoms with van der Waals surface area (Å²) in [5.41, 5.74) is 1.71. The van der Waals surface area contributed by atoms with E-state index in [1.165, 1.54) is 19.1 Å². The van der Waals surface area contributed by atoms with Crippen molar-refractivity contribution in [1.29, 1.82) is 0 Å². The van der Waals surface area contributed by atoms with Crippen LogP contribution in [0.4, 0.5) is 0 Å². The van der Waals surface area contributed by atoms with Gasteiger partial charge in [0.15, 0.2) is 0 Å². The highest BCUT2D eigenvalue weighted by Gasteiger charge is 2.56. The maximum Gasteiger partial charge on any atom is 0.329 e. The number of hydrogen-bond donors (Lipinski definition) is 2. The lowest BCUT2D eigenvalue weighted by atomic mass is 9.79. The van der Waals surface area contributed by atoms with E-state index in [4.69, 9.17) is 23.7 Å². The summed E-state index contributed by atoms with van der Waals surface area (Å²) in [6.07, 6.45) is 7.37. The van der Waals surface area contributed by atoms with Gasteiger partial charge in [-0.15, -0.1) is 6.58 Å². The number of fused-ring (bicyclic) bond motifs is 3. The van der Waals surface area contributed by atoms with Gasteiger partial charge < -0.3 is 38.8 Å². The number of carbonyl (C=O) groups excluding carboxylic acids is 4. The van der Waals surface area contributed by atoms with Crippen LogP contribution < -0.4 is 0 Å². The summed E-state index contributed by atoms with van der Waals surface area (Å²) < 4.78 is 30.1. The normalized spacial score (nSPS) is 41.0. The monoisotopic (exact) mass is 802 g/mol. The van der Waals surface area contributed by atoms with E-state index in [0.29, 0.717) is 38.0 Å². The number of amides is 1. The van der Waals surface area contributed by atoms with E-state index in [1.807, 2.05) is 19.9 Å². The van der Waals surface area contributed by atoms with Crippen LogP contribution in [0.2, 0.25) is 0 Å². The number of aliphatic hydroxyl groups is 2. The molecule has 1 amide bonds. The fourth-order valence-electron chi connectivity index (χ4n) is 9.67. The Morgan fingerprint density at radius 3 is 2.26 bits per heavy atom. The third-order valence-corrected chi connectivity index (χ3v) is 13.2. The Labute approximate surface area is 340 Å². The quantitative estimate of drug-likeness (QED) is 0.179. The summed E-state index contributed by atoms with van der Waals surface area (Å²) in [5, 5.41) is 23.8. The van der Waals surface area contributed by atoms with E-state index in [1.54, 1.807) is 27.0 Å². The first-order valence-electron chi connectivity index (χ1n) is 21.2. The van der Waals surface area contributed by atoms with Crippen molar-refractivity contribution in [3.8, 4) is 0 Å². The number of hydrogen-bond acceptors (Lipinski definition) is 11. The van der Waals surface area contributed by atoms with Crippen LogP contribution in [-0.4, -0.2) is 115 Å². The van der Waals surface area contributed by atoms with Gasteiger partial charge in [-0.05, 0) is 101 Å². The first-order chi connectivity index (χ1) is 27.0. The molecule has 4 aliphatic rings. The van der Waals surface area contributed by atoms with Gasteiger partial charge >= 0.3 is 5.97 Å². The molecule has 0 aromatic rings. The van der Waals surface area contributed by atoms with Crippen LogP contribution in [0, 0.1) is 35.5 Å². The highest BCUT2D eigenvalue weighted by atomic mass is 16.7. The van der Waals surface area contributed by atoms with Crippen molar-refractivity contribution in [1.82, 2.24) is 4.90 Å². The molecule has 0 radical (unpaired) electrons. The number of ether oxygens (including phenoxy) is 5. The highest BCUT2D eigenvalue weighted by molar-refractivity contribution is 6.39. The molecular formula is C45H71NO11. The molecule has 12 heteroatoms. The minimum atomic E-state index is -2.49. The zero-order chi connectivity index (χ0) is 42.2. The van der Waals surface area contributed by atoms with E-state index in [-0.39, 0.29) is 49.5 Å². The van der Waals surface area contributed by atoms with Gasteiger partial charge in [0.1, 0.15) is 24.0 Å². The van der Waals surface area contributed by atoms with Crippen LogP contribution in [0.25, 0.3) is 0 Å². The molecule has 322 valence electrons. The maximum absolute atomic E-state index is 14.3. The van der Waals surface area contributed by atoms with Gasteiger partial charge in [0.25, 0.3) is 11.7 Å². The Hall–Kier alpha value is -2.74. The van der Waals surface area contributed by atoms with Gasteiger partial charge in [-0.3, -0.25) is 14.4 Å². The summed E-state index contributed by atoms with van der Waals surface area (Å²) in [6.45, 7) is 15.5. The van der Waals surface area contributed by atoms with Crippen molar-refractivity contribution in [2.45, 2.75) is 161 Å². The first-order valence-corrected chi connectivity index (χ1v) is 21.2. The van der Waals surface area contributed by atoms with E-state index in [9.17, 15) is 29.4 Å². The number of Topliss-reactive ketones (excluding diaryl/α,β-unsaturated/α-hetero) is 2. The average molecular weight is 802 g/mol. The minimum Gasteiger partial charge on any atom is -0.456 e. The van der Waals surface area contributed by atoms with Crippen molar-refractivity contribution in [2.24, 2.45) is 35.5 Å². The summed E-state index contributed by atoms with van der Waals surface area (Å²) >= 11 is 0. The Morgan fingerprint density at radius 1 is 0.947 bits per heavy atom. The van der Waals surface area contributed by atoms with Crippen LogP contribution in [0.3, 0.4) is 0 Å². The number of cyclic esters (lactones) is 1. The van der Waals surface area contributed by atoms with Gasteiger partial charge in [-0.2, -0.15) is 0 Å². The van der Waals surface area contributed by atoms with Crippen molar-refractivity contribution >= 4 is 23.4 Å². The molecule has 1 aliphatic carbocycles. The molecule has 57 heavy (non-hydrogen) atoms. The molecule has 0 spiro atoms. The molecule has 2 saturated heterocycles. The zero-order valence-corrected chi connectivity index (χ0v) is 35.9. The first kappa shape index (κ1) is 46.9. The number of esters is 1. The predicted molar refractivity (Wildman–Crippen MR) is 216 cm³/mol. The van der Waals surface area contributed by atoms with Gasteiger partial charge in [0, 0.05) is 52.0 Å². The van der Waals surface area contributed by atoms with E-state index >= 15 is 0 Å². The van der Waals surface area contributed by atoms with Crippen molar-refractivity contribution < 1.29 is 53.1 Å². The van der Waals surface area contributed by atoms with Gasteiger partial charge in [-0.25, -0.2) is 4.79 Å².